The van der Waals surface area contributed by atoms with Gasteiger partial charge in [0.25, 0.3) is 0 Å². The summed E-state index contributed by atoms with van der Waals surface area (Å²) in [4.78, 5) is 0. The molecule has 54 heavy (non-hydrogen) atoms. The molecule has 0 saturated heterocycles. The maximum atomic E-state index is 7.50. The summed E-state index contributed by atoms with van der Waals surface area (Å²) in [5.74, 6) is 0. The van der Waals surface area contributed by atoms with E-state index in [9.17, 15) is 0 Å². The standard InChI is InChI=1S/C28H28N2O2.10CO.2Cr/c1-3-31-21-19-25(23-13-7-5-8-14-23)29-27-17-11-12-18-28(27)30-26(20-22-32-4-2)24-15-9-6-10-16-24;10*1-2;;/h5-20,29-30H,3-4H2,1-2H3;;;;;;;;;;;;/b25-19-,26-20-;;;;;;;;;;;;. The molecule has 14 nitrogen and oxygen atoms in total. The number of benzene rings is 3. The van der Waals surface area contributed by atoms with Crippen molar-refractivity contribution in [3.05, 3.63) is 175 Å². The summed E-state index contributed by atoms with van der Waals surface area (Å²) in [6.07, 6.45) is 3.96. The fourth-order valence-corrected chi connectivity index (χ4v) is 3.95. The van der Waals surface area contributed by atoms with E-state index >= 15 is 0 Å². The Kier molecular flexibility index (Phi) is 78.2. The molecule has 0 aromatic heterocycles. The van der Waals surface area contributed by atoms with Crippen LogP contribution in [0.2, 0.25) is 0 Å². The zero-order valence-corrected chi connectivity index (χ0v) is 30.9. The molecule has 0 fully saturated rings. The van der Waals surface area contributed by atoms with Gasteiger partial charge >= 0.3 is 332 Å². The molecule has 3 aromatic carbocycles. The van der Waals surface area contributed by atoms with E-state index in [0.717, 1.165) is 43.0 Å². The van der Waals surface area contributed by atoms with Gasteiger partial charge in [0.1, 0.15) is 0 Å². The van der Waals surface area contributed by atoms with Crippen molar-refractivity contribution >= 4 is 31.9 Å². The minimum atomic E-state index is 0.594. The molecular formula is C38H28Cr2N2O12. The molecule has 0 bridgehead atoms. The summed E-state index contributed by atoms with van der Waals surface area (Å²) in [7, 11) is 0. The van der Waals surface area contributed by atoms with E-state index in [4.69, 9.17) is 56.0 Å². The van der Waals surface area contributed by atoms with Crippen molar-refractivity contribution in [1.29, 1.82) is 0 Å². The second-order valence-corrected chi connectivity index (χ2v) is 8.40. The SMILES string of the molecule is CCO[C](=[Cr])/C=C(\Nc1ccccc1N/C(=C\[C](=[Cr])OCC)c1ccccc1)c1ccccc1.[C-]#[O+].[C-]#[O+].[C-]#[O+].[C-]#[O+].[C-]#[O+].[C-]#[O+].[C-]#[O+].[C-]#[O+].[C-]#[O+].[C-]#[O+]. The van der Waals surface area contributed by atoms with E-state index in [-0.39, 0.29) is 0 Å². The van der Waals surface area contributed by atoms with Gasteiger partial charge in [0.05, 0.1) is 0 Å². The Hall–Kier alpha value is -5.14. The Labute approximate surface area is 330 Å². The van der Waals surface area contributed by atoms with Gasteiger partial charge in [-0.15, -0.1) is 0 Å². The van der Waals surface area contributed by atoms with Crippen LogP contribution >= 0.6 is 0 Å². The van der Waals surface area contributed by atoms with Gasteiger partial charge in [-0.25, -0.2) is 0 Å². The van der Waals surface area contributed by atoms with Crippen LogP contribution in [0.3, 0.4) is 0 Å². The van der Waals surface area contributed by atoms with Crippen LogP contribution in [0.25, 0.3) is 11.4 Å². The van der Waals surface area contributed by atoms with Gasteiger partial charge in [-0.2, -0.15) is 0 Å². The van der Waals surface area contributed by atoms with E-state index in [1.165, 1.54) is 0 Å². The summed E-state index contributed by atoms with van der Waals surface area (Å²) in [5.41, 5.74) is 5.82. The van der Waals surface area contributed by atoms with Gasteiger partial charge in [0, 0.05) is 0 Å². The maximum absolute atomic E-state index is 7.50. The molecule has 0 heterocycles. The molecule has 0 aliphatic rings. The first-order valence-electron chi connectivity index (χ1n) is 13.2. The average molecular weight is 809 g/mol. The molecule has 0 aliphatic heterocycles. The summed E-state index contributed by atoms with van der Waals surface area (Å²) in [6, 6.07) is 28.5. The third kappa shape index (κ3) is 36.6. The molecular weight excluding hydrogens is 780 g/mol. The first-order chi connectivity index (χ1) is 26.6. The van der Waals surface area contributed by atoms with Crippen LogP contribution in [-0.2, 0) is 87.7 Å². The van der Waals surface area contributed by atoms with Crippen LogP contribution in [0.4, 0.5) is 11.4 Å². The van der Waals surface area contributed by atoms with Crippen molar-refractivity contribution < 1.29 is 87.7 Å². The molecule has 16 heteroatoms. The summed E-state index contributed by atoms with van der Waals surface area (Å²) >= 11 is 6.00. The molecule has 274 valence electrons. The monoisotopic (exact) mass is 808 g/mol. The van der Waals surface area contributed by atoms with Gasteiger partial charge in [-0.1, -0.05) is 0 Å². The number of hydrogen-bond acceptors (Lipinski definition) is 4. The second kappa shape index (κ2) is 63.0. The predicted octanol–water partition coefficient (Wildman–Crippen LogP) is 5.64. The van der Waals surface area contributed by atoms with E-state index in [0.29, 0.717) is 13.2 Å². The van der Waals surface area contributed by atoms with Crippen molar-refractivity contribution in [3.8, 4) is 0 Å². The van der Waals surface area contributed by atoms with Crippen molar-refractivity contribution in [3.63, 3.8) is 0 Å². The van der Waals surface area contributed by atoms with E-state index in [2.05, 4.69) is 133 Å². The van der Waals surface area contributed by atoms with Crippen molar-refractivity contribution in [1.82, 2.24) is 0 Å². The van der Waals surface area contributed by atoms with Crippen LogP contribution in [0, 0.1) is 66.5 Å². The minimum absolute atomic E-state index is 0.594. The van der Waals surface area contributed by atoms with Crippen LogP contribution in [0.5, 0.6) is 0 Å². The Morgan fingerprint density at radius 2 is 0.667 bits per heavy atom. The van der Waals surface area contributed by atoms with Crippen LogP contribution in [0.1, 0.15) is 25.0 Å². The fraction of sp³-hybridized carbons (Fsp3) is 0.105. The van der Waals surface area contributed by atoms with Crippen molar-refractivity contribution in [2.75, 3.05) is 23.8 Å². The zero-order chi connectivity index (χ0) is 44.2. The number of rotatable bonds is 12. The third-order valence-electron chi connectivity index (χ3n) is 4.73. The van der Waals surface area contributed by atoms with Gasteiger partial charge in [0.2, 0.25) is 0 Å². The predicted molar refractivity (Wildman–Crippen MR) is 175 cm³/mol. The fourth-order valence-electron chi connectivity index (χ4n) is 3.21. The Morgan fingerprint density at radius 3 is 0.889 bits per heavy atom. The number of anilines is 2. The average Bonchev–Trinajstić information content (AvgIpc) is 3.29. The molecule has 0 saturated carbocycles. The second-order valence-electron chi connectivity index (χ2n) is 7.15. The summed E-state index contributed by atoms with van der Waals surface area (Å²) in [5, 5.41) is 7.19. The number of para-hydroxylation sites is 2. The molecule has 2 N–H and O–H groups in total. The van der Waals surface area contributed by atoms with Crippen LogP contribution in [-0.4, -0.2) is 22.3 Å². The molecule has 0 unspecified atom stereocenters. The van der Waals surface area contributed by atoms with Crippen molar-refractivity contribution in [2.45, 2.75) is 13.8 Å². The molecule has 0 atom stereocenters. The van der Waals surface area contributed by atoms with Gasteiger partial charge < -0.3 is 0 Å². The molecule has 0 aliphatic carbocycles. The molecule has 0 spiro atoms. The van der Waals surface area contributed by atoms with Gasteiger partial charge in [0.15, 0.2) is 0 Å². The third-order valence-corrected chi connectivity index (χ3v) is 5.47. The number of hydrogen-bond donors (Lipinski definition) is 2. The Bertz CT molecular complexity index is 1440. The van der Waals surface area contributed by atoms with Gasteiger partial charge in [-0.3, -0.25) is 0 Å². The zero-order valence-electron chi connectivity index (χ0n) is 28.4. The first-order valence-corrected chi connectivity index (χ1v) is 14.4. The van der Waals surface area contributed by atoms with E-state index < -0.39 is 0 Å². The van der Waals surface area contributed by atoms with E-state index in [1.54, 1.807) is 0 Å². The van der Waals surface area contributed by atoms with Gasteiger partial charge in [-0.05, 0) is 0 Å². The summed E-state index contributed by atoms with van der Waals surface area (Å²) in [6.45, 7) is 50.1. The quantitative estimate of drug-likeness (QED) is 0.174. The Balaban J connectivity index is -0.000000153. The number of ether oxygens (including phenoxy) is 2. The van der Waals surface area contributed by atoms with Crippen LogP contribution in [0.15, 0.2) is 97.1 Å². The van der Waals surface area contributed by atoms with Crippen molar-refractivity contribution in [2.24, 2.45) is 0 Å². The molecule has 0 radical (unpaired) electrons. The topological polar surface area (TPSA) is 242 Å². The number of nitrogens with one attached hydrogen (secondary N) is 2. The first kappa shape index (κ1) is 67.0. The molecule has 0 amide bonds. The van der Waals surface area contributed by atoms with E-state index in [1.807, 2.05) is 86.7 Å². The normalized spacial score (nSPS) is 7.74. The van der Waals surface area contributed by atoms with Crippen LogP contribution < -0.4 is 10.6 Å². The molecule has 3 aromatic rings. The molecule has 3 rings (SSSR count). The Morgan fingerprint density at radius 1 is 0.444 bits per heavy atom. The summed E-state index contributed by atoms with van der Waals surface area (Å²) < 4.78 is 87.7.